The van der Waals surface area contributed by atoms with E-state index in [1.54, 1.807) is 0 Å². The Morgan fingerprint density at radius 1 is 1.40 bits per heavy atom. The van der Waals surface area contributed by atoms with Gasteiger partial charge in [0.05, 0.1) is 13.5 Å². The van der Waals surface area contributed by atoms with Gasteiger partial charge in [-0.15, -0.1) is 0 Å². The van der Waals surface area contributed by atoms with Crippen LogP contribution < -0.4 is 5.32 Å². The SMILES string of the molecule is CNC(CSCC1(CC(=O)OC)CC1)c1ccccc1. The molecular formula is C16H23NO2S. The first kappa shape index (κ1) is 15.4. The monoisotopic (exact) mass is 293 g/mol. The number of carbonyl (C=O) groups is 1. The van der Waals surface area contributed by atoms with Gasteiger partial charge in [0.2, 0.25) is 0 Å². The fraction of sp³-hybridized carbons (Fsp3) is 0.562. The number of thioether (sulfide) groups is 1. The molecule has 1 unspecified atom stereocenters. The zero-order chi connectivity index (χ0) is 14.4. The second-order valence-electron chi connectivity index (χ2n) is 5.52. The number of esters is 1. The second-order valence-corrected chi connectivity index (χ2v) is 6.55. The Morgan fingerprint density at radius 2 is 2.10 bits per heavy atom. The minimum atomic E-state index is -0.0728. The molecule has 1 aliphatic rings. The molecule has 1 atom stereocenters. The van der Waals surface area contributed by atoms with E-state index < -0.39 is 0 Å². The average molecular weight is 293 g/mol. The van der Waals surface area contributed by atoms with E-state index in [1.165, 1.54) is 12.7 Å². The first-order valence-electron chi connectivity index (χ1n) is 7.06. The Kier molecular flexibility index (Phi) is 5.49. The van der Waals surface area contributed by atoms with Crippen molar-refractivity contribution in [3.63, 3.8) is 0 Å². The standard InChI is InChI=1S/C16H23NO2S/c1-17-14(13-6-4-3-5-7-13)11-20-12-16(8-9-16)10-15(18)19-2/h3-7,14,17H,8-12H2,1-2H3. The van der Waals surface area contributed by atoms with Crippen LogP contribution in [0.3, 0.4) is 0 Å². The number of carbonyl (C=O) groups excluding carboxylic acids is 1. The van der Waals surface area contributed by atoms with Gasteiger partial charge in [0.15, 0.2) is 0 Å². The number of methoxy groups -OCH3 is 1. The van der Waals surface area contributed by atoms with Crippen LogP contribution >= 0.6 is 11.8 Å². The summed E-state index contributed by atoms with van der Waals surface area (Å²) in [5.74, 6) is 2.01. The first-order chi connectivity index (χ1) is 9.69. The maximum Gasteiger partial charge on any atom is 0.306 e. The maximum atomic E-state index is 11.4. The fourth-order valence-corrected chi connectivity index (χ4v) is 3.89. The van der Waals surface area contributed by atoms with Crippen molar-refractivity contribution in [1.29, 1.82) is 0 Å². The molecule has 110 valence electrons. The van der Waals surface area contributed by atoms with Crippen LogP contribution in [-0.4, -0.2) is 31.6 Å². The van der Waals surface area contributed by atoms with Gasteiger partial charge in [-0.2, -0.15) is 11.8 Å². The Labute approximate surface area is 125 Å². The smallest absolute Gasteiger partial charge is 0.306 e. The summed E-state index contributed by atoms with van der Waals surface area (Å²) in [4.78, 5) is 11.4. The molecule has 0 heterocycles. The molecule has 1 aromatic carbocycles. The molecule has 1 fully saturated rings. The minimum absolute atomic E-state index is 0.0728. The topological polar surface area (TPSA) is 38.3 Å². The average Bonchev–Trinajstić information content (AvgIpc) is 3.24. The maximum absolute atomic E-state index is 11.4. The van der Waals surface area contributed by atoms with Crippen molar-refractivity contribution in [1.82, 2.24) is 5.32 Å². The van der Waals surface area contributed by atoms with E-state index >= 15 is 0 Å². The molecule has 4 heteroatoms. The van der Waals surface area contributed by atoms with E-state index in [9.17, 15) is 4.79 Å². The van der Waals surface area contributed by atoms with Crippen molar-refractivity contribution in [3.05, 3.63) is 35.9 Å². The molecule has 3 nitrogen and oxygen atoms in total. The lowest BCUT2D eigenvalue weighted by atomic mass is 10.1. The normalized spacial score (nSPS) is 17.5. The van der Waals surface area contributed by atoms with Gasteiger partial charge in [0.25, 0.3) is 0 Å². The Bertz CT molecular complexity index is 431. The summed E-state index contributed by atoms with van der Waals surface area (Å²) in [5.41, 5.74) is 1.53. The van der Waals surface area contributed by atoms with Crippen LogP contribution in [0.25, 0.3) is 0 Å². The number of ether oxygens (including phenoxy) is 1. The summed E-state index contributed by atoms with van der Waals surface area (Å²) in [5, 5.41) is 3.36. The van der Waals surface area contributed by atoms with Gasteiger partial charge in [0.1, 0.15) is 0 Å². The lowest BCUT2D eigenvalue weighted by Gasteiger charge is -2.18. The van der Waals surface area contributed by atoms with Crippen molar-refractivity contribution in [2.24, 2.45) is 5.41 Å². The van der Waals surface area contributed by atoms with E-state index in [0.717, 1.165) is 24.3 Å². The zero-order valence-corrected chi connectivity index (χ0v) is 13.0. The highest BCUT2D eigenvalue weighted by atomic mass is 32.2. The Balaban J connectivity index is 1.79. The van der Waals surface area contributed by atoms with Crippen LogP contribution in [0.5, 0.6) is 0 Å². The molecule has 0 aliphatic heterocycles. The Morgan fingerprint density at radius 3 is 2.65 bits per heavy atom. The minimum Gasteiger partial charge on any atom is -0.469 e. The summed E-state index contributed by atoms with van der Waals surface area (Å²) < 4.78 is 4.78. The van der Waals surface area contributed by atoms with Gasteiger partial charge in [-0.1, -0.05) is 30.3 Å². The van der Waals surface area contributed by atoms with Crippen LogP contribution in [0.4, 0.5) is 0 Å². The summed E-state index contributed by atoms with van der Waals surface area (Å²) in [6.07, 6.45) is 2.89. The molecule has 0 bridgehead atoms. The van der Waals surface area contributed by atoms with Crippen LogP contribution in [0.2, 0.25) is 0 Å². The predicted molar refractivity (Wildman–Crippen MR) is 83.9 cm³/mol. The van der Waals surface area contributed by atoms with E-state index in [4.69, 9.17) is 4.74 Å². The van der Waals surface area contributed by atoms with Crippen LogP contribution in [0.1, 0.15) is 30.9 Å². The lowest BCUT2D eigenvalue weighted by molar-refractivity contribution is -0.141. The molecule has 2 rings (SSSR count). The van der Waals surface area contributed by atoms with Gasteiger partial charge >= 0.3 is 5.97 Å². The van der Waals surface area contributed by atoms with E-state index in [0.29, 0.717) is 12.5 Å². The second kappa shape index (κ2) is 7.14. The van der Waals surface area contributed by atoms with Gasteiger partial charge in [-0.3, -0.25) is 4.79 Å². The number of hydrogen-bond acceptors (Lipinski definition) is 4. The predicted octanol–water partition coefficient (Wildman–Crippen LogP) is 3.02. The zero-order valence-electron chi connectivity index (χ0n) is 12.2. The molecule has 1 aliphatic carbocycles. The molecule has 0 saturated heterocycles. The van der Waals surface area contributed by atoms with Crippen molar-refractivity contribution >= 4 is 17.7 Å². The molecule has 1 saturated carbocycles. The van der Waals surface area contributed by atoms with Crippen LogP contribution in [-0.2, 0) is 9.53 Å². The Hall–Kier alpha value is -1.00. The quantitative estimate of drug-likeness (QED) is 0.748. The summed E-state index contributed by atoms with van der Waals surface area (Å²) in [6.45, 7) is 0. The van der Waals surface area contributed by atoms with Crippen LogP contribution in [0, 0.1) is 5.41 Å². The third-order valence-electron chi connectivity index (χ3n) is 3.95. The molecule has 0 radical (unpaired) electrons. The summed E-state index contributed by atoms with van der Waals surface area (Å²) in [6, 6.07) is 10.9. The van der Waals surface area contributed by atoms with E-state index in [-0.39, 0.29) is 11.4 Å². The van der Waals surface area contributed by atoms with E-state index in [2.05, 4.69) is 29.6 Å². The van der Waals surface area contributed by atoms with Crippen LogP contribution in [0.15, 0.2) is 30.3 Å². The largest absolute Gasteiger partial charge is 0.469 e. The van der Waals surface area contributed by atoms with Gasteiger partial charge in [-0.25, -0.2) is 0 Å². The molecule has 20 heavy (non-hydrogen) atoms. The molecular weight excluding hydrogens is 270 g/mol. The van der Waals surface area contributed by atoms with Gasteiger partial charge in [-0.05, 0) is 36.6 Å². The summed E-state index contributed by atoms with van der Waals surface area (Å²) >= 11 is 1.93. The highest BCUT2D eigenvalue weighted by Crippen LogP contribution is 2.51. The lowest BCUT2D eigenvalue weighted by Crippen LogP contribution is -2.20. The third kappa shape index (κ3) is 4.25. The van der Waals surface area contributed by atoms with E-state index in [1.807, 2.05) is 24.9 Å². The fourth-order valence-electron chi connectivity index (χ4n) is 2.35. The molecule has 0 aromatic heterocycles. The molecule has 1 N–H and O–H groups in total. The third-order valence-corrected chi connectivity index (χ3v) is 5.33. The number of hydrogen-bond donors (Lipinski definition) is 1. The van der Waals surface area contributed by atoms with Crippen molar-refractivity contribution in [2.45, 2.75) is 25.3 Å². The van der Waals surface area contributed by atoms with Gasteiger partial charge in [0, 0.05) is 11.8 Å². The number of nitrogens with one attached hydrogen (secondary N) is 1. The first-order valence-corrected chi connectivity index (χ1v) is 8.21. The van der Waals surface area contributed by atoms with Gasteiger partial charge < -0.3 is 10.1 Å². The van der Waals surface area contributed by atoms with Crippen molar-refractivity contribution in [3.8, 4) is 0 Å². The number of rotatable bonds is 8. The molecule has 1 aromatic rings. The van der Waals surface area contributed by atoms with Crippen molar-refractivity contribution in [2.75, 3.05) is 25.7 Å². The van der Waals surface area contributed by atoms with Crippen molar-refractivity contribution < 1.29 is 9.53 Å². The molecule has 0 spiro atoms. The summed E-state index contributed by atoms with van der Waals surface area (Å²) in [7, 11) is 3.47. The number of benzene rings is 1. The molecule has 0 amide bonds. The highest BCUT2D eigenvalue weighted by molar-refractivity contribution is 7.99. The highest BCUT2D eigenvalue weighted by Gasteiger charge is 2.44.